The molecule has 0 saturated heterocycles. The normalized spacial score (nSPS) is 11.2. The smallest absolute Gasteiger partial charge is 0.331 e. The van der Waals surface area contributed by atoms with Crippen molar-refractivity contribution >= 4 is 28.7 Å². The SMILES string of the molecule is CCc1cccc2c(C(=O)COC(=O)/C=C/c3ccco3)c[nH]c12. The van der Waals surface area contributed by atoms with E-state index in [-0.39, 0.29) is 12.4 Å². The molecule has 3 rings (SSSR count). The van der Waals surface area contributed by atoms with E-state index in [0.717, 1.165) is 22.9 Å². The summed E-state index contributed by atoms with van der Waals surface area (Å²) < 4.78 is 10.1. The number of esters is 1. The summed E-state index contributed by atoms with van der Waals surface area (Å²) in [5.74, 6) is -0.287. The molecule has 24 heavy (non-hydrogen) atoms. The maximum absolute atomic E-state index is 12.3. The van der Waals surface area contributed by atoms with Crippen LogP contribution in [0.1, 0.15) is 28.6 Å². The van der Waals surface area contributed by atoms with Crippen LogP contribution >= 0.6 is 0 Å². The molecular formula is C19H17NO4. The first-order valence-corrected chi connectivity index (χ1v) is 7.69. The van der Waals surface area contributed by atoms with Gasteiger partial charge in [-0.25, -0.2) is 4.79 Å². The fourth-order valence-electron chi connectivity index (χ4n) is 2.54. The van der Waals surface area contributed by atoms with E-state index in [2.05, 4.69) is 11.9 Å². The lowest BCUT2D eigenvalue weighted by Gasteiger charge is -2.02. The molecule has 0 unspecified atom stereocenters. The number of nitrogens with one attached hydrogen (secondary N) is 1. The minimum atomic E-state index is -0.589. The summed E-state index contributed by atoms with van der Waals surface area (Å²) in [5, 5.41) is 0.849. The third kappa shape index (κ3) is 3.30. The number of para-hydroxylation sites is 1. The summed E-state index contributed by atoms with van der Waals surface area (Å²) >= 11 is 0. The van der Waals surface area contributed by atoms with Crippen molar-refractivity contribution < 1.29 is 18.7 Å². The van der Waals surface area contributed by atoms with Crippen molar-refractivity contribution in [1.29, 1.82) is 0 Å². The largest absolute Gasteiger partial charge is 0.465 e. The molecule has 2 aromatic heterocycles. The number of benzene rings is 1. The van der Waals surface area contributed by atoms with Crippen LogP contribution in [0.3, 0.4) is 0 Å². The Bertz CT molecular complexity index is 887. The predicted molar refractivity (Wildman–Crippen MR) is 90.7 cm³/mol. The number of furan rings is 1. The van der Waals surface area contributed by atoms with E-state index >= 15 is 0 Å². The van der Waals surface area contributed by atoms with Crippen LogP contribution in [0.5, 0.6) is 0 Å². The first-order valence-electron chi connectivity index (χ1n) is 7.69. The minimum absolute atomic E-state index is 0.241. The van der Waals surface area contributed by atoms with Gasteiger partial charge < -0.3 is 14.1 Å². The van der Waals surface area contributed by atoms with E-state index in [4.69, 9.17) is 9.15 Å². The molecule has 0 aliphatic rings. The highest BCUT2D eigenvalue weighted by molar-refractivity contribution is 6.09. The highest BCUT2D eigenvalue weighted by Crippen LogP contribution is 2.22. The van der Waals surface area contributed by atoms with Crippen molar-refractivity contribution in [3.05, 3.63) is 65.8 Å². The number of hydrogen-bond acceptors (Lipinski definition) is 4. The lowest BCUT2D eigenvalue weighted by Crippen LogP contribution is -2.12. The Labute approximate surface area is 138 Å². The first-order chi connectivity index (χ1) is 11.7. The Morgan fingerprint density at radius 2 is 2.12 bits per heavy atom. The number of ether oxygens (including phenoxy) is 1. The van der Waals surface area contributed by atoms with Crippen LogP contribution in [0, 0.1) is 0 Å². The summed E-state index contributed by atoms with van der Waals surface area (Å²) in [7, 11) is 0. The standard InChI is InChI=1S/C19H17NO4/c1-2-13-5-3-7-15-16(11-20-19(13)15)17(21)12-24-18(22)9-8-14-6-4-10-23-14/h3-11,20H,2,12H2,1H3/b9-8+. The highest BCUT2D eigenvalue weighted by Gasteiger charge is 2.14. The third-order valence-electron chi connectivity index (χ3n) is 3.76. The Morgan fingerprint density at radius 1 is 1.25 bits per heavy atom. The number of carbonyl (C=O) groups is 2. The van der Waals surface area contributed by atoms with Gasteiger partial charge in [-0.05, 0) is 30.2 Å². The van der Waals surface area contributed by atoms with E-state index in [9.17, 15) is 9.59 Å². The Balaban J connectivity index is 1.66. The van der Waals surface area contributed by atoms with Crippen molar-refractivity contribution in [2.75, 3.05) is 6.61 Å². The Morgan fingerprint density at radius 3 is 2.88 bits per heavy atom. The zero-order valence-corrected chi connectivity index (χ0v) is 13.2. The van der Waals surface area contributed by atoms with Crippen molar-refractivity contribution in [2.45, 2.75) is 13.3 Å². The average molecular weight is 323 g/mol. The predicted octanol–water partition coefficient (Wildman–Crippen LogP) is 3.76. The number of aromatic nitrogens is 1. The molecule has 0 atom stereocenters. The lowest BCUT2D eigenvalue weighted by atomic mass is 10.1. The fraction of sp³-hybridized carbons (Fsp3) is 0.158. The van der Waals surface area contributed by atoms with Crippen LogP contribution < -0.4 is 0 Å². The second-order valence-electron chi connectivity index (χ2n) is 5.28. The number of rotatable bonds is 6. The molecule has 0 spiro atoms. The number of carbonyl (C=O) groups excluding carboxylic acids is 2. The van der Waals surface area contributed by atoms with Crippen molar-refractivity contribution in [2.24, 2.45) is 0 Å². The number of ketones is 1. The summed E-state index contributed by atoms with van der Waals surface area (Å²) in [5.41, 5.74) is 2.63. The van der Waals surface area contributed by atoms with Crippen LogP contribution in [0.4, 0.5) is 0 Å². The molecule has 5 heteroatoms. The van der Waals surface area contributed by atoms with Crippen LogP contribution in [0.2, 0.25) is 0 Å². The van der Waals surface area contributed by atoms with Gasteiger partial charge in [-0.2, -0.15) is 0 Å². The Kier molecular flexibility index (Phi) is 4.61. The molecule has 0 aliphatic heterocycles. The average Bonchev–Trinajstić information content (AvgIpc) is 3.26. The number of aryl methyl sites for hydroxylation is 1. The monoisotopic (exact) mass is 323 g/mol. The van der Waals surface area contributed by atoms with Crippen molar-refractivity contribution in [3.8, 4) is 0 Å². The summed E-state index contributed by atoms with van der Waals surface area (Å²) in [4.78, 5) is 27.1. The zero-order valence-electron chi connectivity index (χ0n) is 13.2. The topological polar surface area (TPSA) is 72.3 Å². The van der Waals surface area contributed by atoms with Crippen LogP contribution in [0.25, 0.3) is 17.0 Å². The van der Waals surface area contributed by atoms with Crippen molar-refractivity contribution in [3.63, 3.8) is 0 Å². The van der Waals surface area contributed by atoms with Gasteiger partial charge in [0.05, 0.1) is 6.26 Å². The third-order valence-corrected chi connectivity index (χ3v) is 3.76. The first kappa shape index (κ1) is 15.8. The maximum atomic E-state index is 12.3. The van der Waals surface area contributed by atoms with Gasteiger partial charge in [0.15, 0.2) is 6.61 Å². The molecule has 0 amide bonds. The van der Waals surface area contributed by atoms with Gasteiger partial charge in [0.25, 0.3) is 0 Å². The molecule has 0 saturated carbocycles. The quantitative estimate of drug-likeness (QED) is 0.426. The van der Waals surface area contributed by atoms with Gasteiger partial charge in [-0.3, -0.25) is 4.79 Å². The van der Waals surface area contributed by atoms with Crippen LogP contribution in [-0.2, 0) is 16.0 Å². The molecular weight excluding hydrogens is 306 g/mol. The second kappa shape index (κ2) is 7.00. The van der Waals surface area contributed by atoms with E-state index < -0.39 is 5.97 Å². The van der Waals surface area contributed by atoms with Crippen LogP contribution in [0.15, 0.2) is 53.3 Å². The van der Waals surface area contributed by atoms with Gasteiger partial charge in [-0.15, -0.1) is 0 Å². The molecule has 2 heterocycles. The highest BCUT2D eigenvalue weighted by atomic mass is 16.5. The van der Waals surface area contributed by atoms with E-state index in [1.165, 1.54) is 18.4 Å². The van der Waals surface area contributed by atoms with E-state index in [1.54, 1.807) is 18.3 Å². The molecule has 0 bridgehead atoms. The second-order valence-corrected chi connectivity index (χ2v) is 5.28. The summed E-state index contributed by atoms with van der Waals surface area (Å²) in [6, 6.07) is 9.26. The lowest BCUT2D eigenvalue weighted by molar-refractivity contribution is -0.136. The minimum Gasteiger partial charge on any atom is -0.465 e. The molecule has 1 aromatic carbocycles. The summed E-state index contributed by atoms with van der Waals surface area (Å²) in [6.45, 7) is 1.76. The molecule has 5 nitrogen and oxygen atoms in total. The van der Waals surface area contributed by atoms with Gasteiger partial charge in [0.2, 0.25) is 5.78 Å². The Hall–Kier alpha value is -3.08. The molecule has 1 N–H and O–H groups in total. The molecule has 0 radical (unpaired) electrons. The number of fused-ring (bicyclic) bond motifs is 1. The molecule has 0 fully saturated rings. The van der Waals surface area contributed by atoms with Crippen LogP contribution in [-0.4, -0.2) is 23.3 Å². The van der Waals surface area contributed by atoms with Gasteiger partial charge >= 0.3 is 5.97 Å². The van der Waals surface area contributed by atoms with Crippen molar-refractivity contribution in [1.82, 2.24) is 4.98 Å². The van der Waals surface area contributed by atoms with E-state index in [0.29, 0.717) is 11.3 Å². The van der Waals surface area contributed by atoms with Gasteiger partial charge in [0.1, 0.15) is 5.76 Å². The number of Topliss-reactive ketones (excluding diaryl/α,β-unsaturated/α-hetero) is 1. The zero-order chi connectivity index (χ0) is 16.9. The van der Waals surface area contributed by atoms with Gasteiger partial charge in [-0.1, -0.05) is 25.1 Å². The maximum Gasteiger partial charge on any atom is 0.331 e. The van der Waals surface area contributed by atoms with E-state index in [1.807, 2.05) is 18.2 Å². The number of hydrogen-bond donors (Lipinski definition) is 1. The molecule has 122 valence electrons. The fourth-order valence-corrected chi connectivity index (χ4v) is 2.54. The molecule has 3 aromatic rings. The van der Waals surface area contributed by atoms with Gasteiger partial charge in [0, 0.05) is 28.7 Å². The summed E-state index contributed by atoms with van der Waals surface area (Å²) in [6.07, 6.45) is 6.77. The molecule has 0 aliphatic carbocycles. The number of aromatic amines is 1. The number of H-pyrrole nitrogens is 1.